The number of hydrogen-bond acceptors (Lipinski definition) is 7. The van der Waals surface area contributed by atoms with Crippen molar-refractivity contribution in [3.63, 3.8) is 0 Å². The Morgan fingerprint density at radius 1 is 1.48 bits per heavy atom. The average Bonchev–Trinajstić information content (AvgIpc) is 3.12. The van der Waals surface area contributed by atoms with Gasteiger partial charge in [-0.05, 0) is 61.4 Å². The summed E-state index contributed by atoms with van der Waals surface area (Å²) in [5, 5.41) is 14.2. The third kappa shape index (κ3) is 4.05. The molecule has 1 aliphatic carbocycles. The molecule has 162 valence electrons. The average molecular weight is 441 g/mol. The van der Waals surface area contributed by atoms with Crippen LogP contribution in [0.2, 0.25) is 0 Å². The van der Waals surface area contributed by atoms with E-state index in [2.05, 4.69) is 22.4 Å². The highest BCUT2D eigenvalue weighted by Crippen LogP contribution is 2.35. The van der Waals surface area contributed by atoms with Crippen molar-refractivity contribution < 1.29 is 14.6 Å². The number of amides is 1. The number of benzene rings is 1. The van der Waals surface area contributed by atoms with E-state index in [0.29, 0.717) is 22.6 Å². The van der Waals surface area contributed by atoms with Crippen LogP contribution >= 0.6 is 11.3 Å². The van der Waals surface area contributed by atoms with Gasteiger partial charge in [0.15, 0.2) is 11.5 Å². The van der Waals surface area contributed by atoms with Crippen LogP contribution < -0.4 is 15.7 Å². The molecule has 2 heterocycles. The molecule has 2 atom stereocenters. The van der Waals surface area contributed by atoms with E-state index < -0.39 is 11.9 Å². The van der Waals surface area contributed by atoms with Gasteiger partial charge in [0.25, 0.3) is 11.5 Å². The molecule has 0 saturated carbocycles. The number of hydrazone groups is 1. The molecule has 2 aromatic heterocycles. The number of ether oxygens (including phenoxy) is 1. The van der Waals surface area contributed by atoms with E-state index in [1.807, 2.05) is 0 Å². The predicted molar refractivity (Wildman–Crippen MR) is 120 cm³/mol. The van der Waals surface area contributed by atoms with Crippen molar-refractivity contribution in [1.82, 2.24) is 15.0 Å². The first-order valence-corrected chi connectivity index (χ1v) is 10.9. The van der Waals surface area contributed by atoms with Crippen molar-refractivity contribution in [2.24, 2.45) is 11.0 Å². The molecular weight excluding hydrogens is 416 g/mol. The second kappa shape index (κ2) is 8.50. The number of nitrogens with one attached hydrogen (secondary N) is 1. The lowest BCUT2D eigenvalue weighted by Gasteiger charge is -2.18. The highest BCUT2D eigenvalue weighted by Gasteiger charge is 2.25. The van der Waals surface area contributed by atoms with Crippen molar-refractivity contribution in [2.75, 3.05) is 7.11 Å². The van der Waals surface area contributed by atoms with Crippen LogP contribution in [-0.4, -0.2) is 33.9 Å². The summed E-state index contributed by atoms with van der Waals surface area (Å²) in [7, 11) is 1.45. The molecule has 0 radical (unpaired) electrons. The third-order valence-corrected chi connectivity index (χ3v) is 6.79. The fourth-order valence-corrected chi connectivity index (χ4v) is 5.13. The van der Waals surface area contributed by atoms with Crippen molar-refractivity contribution >= 4 is 33.7 Å². The Balaban J connectivity index is 1.54. The highest BCUT2D eigenvalue weighted by molar-refractivity contribution is 7.18. The first kappa shape index (κ1) is 21.0. The smallest absolute Gasteiger partial charge is 0.263 e. The molecule has 0 fully saturated rings. The maximum absolute atomic E-state index is 13.2. The lowest BCUT2D eigenvalue weighted by molar-refractivity contribution is -0.123. The Labute approximate surface area is 183 Å². The van der Waals surface area contributed by atoms with Crippen LogP contribution in [0.1, 0.15) is 42.3 Å². The number of aromatic nitrogens is 2. The van der Waals surface area contributed by atoms with Crippen molar-refractivity contribution in [2.45, 2.75) is 39.2 Å². The summed E-state index contributed by atoms with van der Waals surface area (Å²) in [6.45, 7) is 3.87. The van der Waals surface area contributed by atoms with Gasteiger partial charge < -0.3 is 9.84 Å². The lowest BCUT2D eigenvalue weighted by Crippen LogP contribution is -2.34. The number of phenols is 1. The molecule has 2 N–H and O–H groups in total. The van der Waals surface area contributed by atoms with Crippen molar-refractivity contribution in [1.29, 1.82) is 0 Å². The molecule has 0 saturated heterocycles. The SMILES string of the molecule is COc1cc(/C=N\NC(=O)[C@H](C)n2cnc3sc4c(c3c2=O)CC[C@H](C)C4)ccc1O. The number of nitrogens with zero attached hydrogens (tertiary/aromatic N) is 3. The van der Waals surface area contributed by atoms with Crippen LogP contribution in [0, 0.1) is 5.92 Å². The number of carbonyl (C=O) groups excluding carboxylic acids is 1. The zero-order valence-corrected chi connectivity index (χ0v) is 18.4. The number of fused-ring (bicyclic) bond motifs is 3. The number of phenolic OH excluding ortho intramolecular Hbond substituents is 1. The van der Waals surface area contributed by atoms with E-state index >= 15 is 0 Å². The van der Waals surface area contributed by atoms with Gasteiger partial charge in [-0.3, -0.25) is 14.2 Å². The summed E-state index contributed by atoms with van der Waals surface area (Å²) >= 11 is 1.59. The van der Waals surface area contributed by atoms with Gasteiger partial charge in [-0.15, -0.1) is 11.3 Å². The summed E-state index contributed by atoms with van der Waals surface area (Å²) in [6, 6.07) is 3.94. The van der Waals surface area contributed by atoms with Gasteiger partial charge in [-0.2, -0.15) is 5.10 Å². The summed E-state index contributed by atoms with van der Waals surface area (Å²) in [6.07, 6.45) is 5.78. The van der Waals surface area contributed by atoms with Gasteiger partial charge in [-0.25, -0.2) is 10.4 Å². The largest absolute Gasteiger partial charge is 0.504 e. The maximum Gasteiger partial charge on any atom is 0.263 e. The molecule has 4 rings (SSSR count). The Hall–Kier alpha value is -3.20. The molecule has 0 unspecified atom stereocenters. The zero-order valence-electron chi connectivity index (χ0n) is 17.6. The van der Waals surface area contributed by atoms with E-state index in [0.717, 1.165) is 29.7 Å². The highest BCUT2D eigenvalue weighted by atomic mass is 32.1. The van der Waals surface area contributed by atoms with E-state index in [9.17, 15) is 14.7 Å². The minimum atomic E-state index is -0.769. The molecule has 0 spiro atoms. The summed E-state index contributed by atoms with van der Waals surface area (Å²) in [5.41, 5.74) is 4.01. The molecule has 8 nitrogen and oxygen atoms in total. The van der Waals surface area contributed by atoms with Gasteiger partial charge in [0, 0.05) is 4.88 Å². The number of rotatable bonds is 5. The molecule has 3 aromatic rings. The van der Waals surface area contributed by atoms with Gasteiger partial charge in [0.05, 0.1) is 25.0 Å². The Morgan fingerprint density at radius 3 is 3.06 bits per heavy atom. The summed E-state index contributed by atoms with van der Waals surface area (Å²) in [5.74, 6) is 0.509. The van der Waals surface area contributed by atoms with Crippen molar-refractivity contribution in [3.05, 3.63) is 50.9 Å². The Bertz CT molecular complexity index is 1230. The normalized spacial score (nSPS) is 16.9. The van der Waals surface area contributed by atoms with Crippen LogP contribution in [-0.2, 0) is 17.6 Å². The molecular formula is C22H24N4O4S. The van der Waals surface area contributed by atoms with Gasteiger partial charge in [-0.1, -0.05) is 6.92 Å². The fraction of sp³-hybridized carbons (Fsp3) is 0.364. The summed E-state index contributed by atoms with van der Waals surface area (Å²) < 4.78 is 6.42. The first-order chi connectivity index (χ1) is 14.9. The first-order valence-electron chi connectivity index (χ1n) is 10.1. The number of aryl methyl sites for hydroxylation is 1. The fourth-order valence-electron chi connectivity index (χ4n) is 3.78. The number of methoxy groups -OCH3 is 1. The minimum absolute atomic E-state index is 0.0182. The second-order valence-electron chi connectivity index (χ2n) is 7.83. The molecule has 1 amide bonds. The standard InChI is InChI=1S/C22H24N4O4S/c1-12-4-6-15-18(8-12)31-21-19(15)22(29)26(11-23-21)13(2)20(28)25-24-10-14-5-7-16(27)17(9-14)30-3/h5,7,9-13,27H,4,6,8H2,1-3H3,(H,25,28)/b24-10-/t12-,13-/m0/s1. The topological polar surface area (TPSA) is 106 Å². The maximum atomic E-state index is 13.2. The van der Waals surface area contributed by atoms with Crippen LogP contribution in [0.5, 0.6) is 11.5 Å². The Kier molecular flexibility index (Phi) is 5.77. The van der Waals surface area contributed by atoms with Gasteiger partial charge >= 0.3 is 0 Å². The quantitative estimate of drug-likeness (QED) is 0.469. The minimum Gasteiger partial charge on any atom is -0.504 e. The summed E-state index contributed by atoms with van der Waals surface area (Å²) in [4.78, 5) is 32.2. The Morgan fingerprint density at radius 2 is 2.29 bits per heavy atom. The van der Waals surface area contributed by atoms with Crippen LogP contribution in [0.15, 0.2) is 34.4 Å². The van der Waals surface area contributed by atoms with Crippen LogP contribution in [0.4, 0.5) is 0 Å². The molecule has 1 aliphatic rings. The van der Waals surface area contributed by atoms with E-state index in [1.54, 1.807) is 30.4 Å². The number of carbonyl (C=O) groups is 1. The lowest BCUT2D eigenvalue weighted by atomic mass is 9.89. The molecule has 9 heteroatoms. The molecule has 1 aromatic carbocycles. The van der Waals surface area contributed by atoms with Gasteiger partial charge in [0.1, 0.15) is 10.9 Å². The van der Waals surface area contributed by atoms with Crippen LogP contribution in [0.25, 0.3) is 10.2 Å². The van der Waals surface area contributed by atoms with Crippen molar-refractivity contribution in [3.8, 4) is 11.5 Å². The molecule has 31 heavy (non-hydrogen) atoms. The number of aromatic hydroxyl groups is 1. The zero-order chi connectivity index (χ0) is 22.1. The molecule has 0 aliphatic heterocycles. The number of thiophene rings is 1. The third-order valence-electron chi connectivity index (χ3n) is 5.63. The monoisotopic (exact) mass is 440 g/mol. The number of hydrogen-bond donors (Lipinski definition) is 2. The van der Waals surface area contributed by atoms with E-state index in [-0.39, 0.29) is 11.3 Å². The molecule has 0 bridgehead atoms. The van der Waals surface area contributed by atoms with E-state index in [4.69, 9.17) is 4.74 Å². The van der Waals surface area contributed by atoms with E-state index in [1.165, 1.54) is 35.2 Å². The second-order valence-corrected chi connectivity index (χ2v) is 8.91. The predicted octanol–water partition coefficient (Wildman–Crippen LogP) is 3.01. The van der Waals surface area contributed by atoms with Gasteiger partial charge in [0.2, 0.25) is 0 Å². The van der Waals surface area contributed by atoms with Crippen LogP contribution in [0.3, 0.4) is 0 Å².